The molecule has 0 spiro atoms. The van der Waals surface area contributed by atoms with E-state index >= 15 is 0 Å². The van der Waals surface area contributed by atoms with Gasteiger partial charge in [0.1, 0.15) is 0 Å². The predicted molar refractivity (Wildman–Crippen MR) is 68.9 cm³/mol. The van der Waals surface area contributed by atoms with Crippen molar-refractivity contribution in [2.24, 2.45) is 0 Å². The van der Waals surface area contributed by atoms with Crippen molar-refractivity contribution in [2.45, 2.75) is 40.2 Å². The summed E-state index contributed by atoms with van der Waals surface area (Å²) in [5, 5.41) is 6.21. The van der Waals surface area contributed by atoms with Crippen LogP contribution in [-0.2, 0) is 4.79 Å². The van der Waals surface area contributed by atoms with Gasteiger partial charge >= 0.3 is 0 Å². The molecule has 1 atom stereocenters. The lowest BCUT2D eigenvalue weighted by Gasteiger charge is -2.16. The van der Waals surface area contributed by atoms with Crippen LogP contribution in [0.3, 0.4) is 0 Å². The van der Waals surface area contributed by atoms with Gasteiger partial charge in [0, 0.05) is 24.3 Å². The fraction of sp³-hybridized carbons (Fsp3) is 0.462. The Kier molecular flexibility index (Phi) is 4.35. The summed E-state index contributed by atoms with van der Waals surface area (Å²) in [4.78, 5) is 11.0. The first kappa shape index (κ1) is 12.6. The molecular formula is C13H20N2O. The van der Waals surface area contributed by atoms with Gasteiger partial charge < -0.3 is 10.6 Å². The van der Waals surface area contributed by atoms with Gasteiger partial charge in [0.2, 0.25) is 5.91 Å². The molecule has 0 heterocycles. The maximum Gasteiger partial charge on any atom is 0.221 e. The Morgan fingerprint density at radius 3 is 2.69 bits per heavy atom. The average molecular weight is 220 g/mol. The van der Waals surface area contributed by atoms with Gasteiger partial charge in [-0.3, -0.25) is 4.79 Å². The smallest absolute Gasteiger partial charge is 0.221 e. The number of hydrogen-bond donors (Lipinski definition) is 2. The molecule has 0 aliphatic carbocycles. The van der Waals surface area contributed by atoms with Crippen LogP contribution in [0.2, 0.25) is 0 Å². The molecule has 1 amide bonds. The molecule has 0 radical (unpaired) electrons. The van der Waals surface area contributed by atoms with Gasteiger partial charge in [-0.1, -0.05) is 13.0 Å². The highest BCUT2D eigenvalue weighted by atomic mass is 16.1. The number of carbonyl (C=O) groups is 1. The van der Waals surface area contributed by atoms with Gasteiger partial charge in [-0.2, -0.15) is 0 Å². The van der Waals surface area contributed by atoms with E-state index in [0.717, 1.165) is 17.8 Å². The molecule has 1 rings (SSSR count). The first-order chi connectivity index (χ1) is 7.52. The molecule has 2 N–H and O–H groups in total. The molecular weight excluding hydrogens is 200 g/mol. The summed E-state index contributed by atoms with van der Waals surface area (Å²) in [6.07, 6.45) is 1.07. The molecule has 0 bridgehead atoms. The lowest BCUT2D eigenvalue weighted by atomic mass is 10.1. The summed E-state index contributed by atoms with van der Waals surface area (Å²) < 4.78 is 0. The zero-order valence-corrected chi connectivity index (χ0v) is 10.4. The number of benzene rings is 1. The monoisotopic (exact) mass is 220 g/mol. The third-order valence-corrected chi connectivity index (χ3v) is 2.57. The molecule has 3 nitrogen and oxygen atoms in total. The number of amides is 1. The number of hydrogen-bond acceptors (Lipinski definition) is 2. The van der Waals surface area contributed by atoms with E-state index in [4.69, 9.17) is 0 Å². The van der Waals surface area contributed by atoms with Crippen molar-refractivity contribution in [1.29, 1.82) is 0 Å². The van der Waals surface area contributed by atoms with Crippen LogP contribution in [0.1, 0.15) is 32.8 Å². The molecule has 0 saturated carbocycles. The second kappa shape index (κ2) is 5.54. The lowest BCUT2D eigenvalue weighted by molar-refractivity contribution is -0.114. The lowest BCUT2D eigenvalue weighted by Crippen LogP contribution is -2.14. The highest BCUT2D eigenvalue weighted by molar-refractivity contribution is 5.89. The average Bonchev–Trinajstić information content (AvgIpc) is 2.22. The Hall–Kier alpha value is -1.51. The molecule has 3 heteroatoms. The normalized spacial score (nSPS) is 12.0. The number of aryl methyl sites for hydroxylation is 1. The molecule has 1 aromatic carbocycles. The van der Waals surface area contributed by atoms with Gasteiger partial charge in [0.25, 0.3) is 0 Å². The Balaban J connectivity index is 2.85. The third-order valence-electron chi connectivity index (χ3n) is 2.57. The zero-order valence-electron chi connectivity index (χ0n) is 10.4. The fourth-order valence-electron chi connectivity index (χ4n) is 1.43. The van der Waals surface area contributed by atoms with Crippen LogP contribution < -0.4 is 10.6 Å². The van der Waals surface area contributed by atoms with E-state index in [9.17, 15) is 4.79 Å². The molecule has 0 saturated heterocycles. The molecule has 0 aromatic heterocycles. The van der Waals surface area contributed by atoms with Gasteiger partial charge in [-0.25, -0.2) is 0 Å². The van der Waals surface area contributed by atoms with E-state index in [0.29, 0.717) is 6.04 Å². The van der Waals surface area contributed by atoms with Crippen molar-refractivity contribution in [3.8, 4) is 0 Å². The van der Waals surface area contributed by atoms with Crippen LogP contribution in [0.15, 0.2) is 18.2 Å². The molecule has 1 unspecified atom stereocenters. The number of anilines is 2. The van der Waals surface area contributed by atoms with Crippen molar-refractivity contribution < 1.29 is 4.79 Å². The number of carbonyl (C=O) groups excluding carboxylic acids is 1. The predicted octanol–water partition coefficient (Wildman–Crippen LogP) is 3.16. The number of nitrogens with one attached hydrogen (secondary N) is 2. The van der Waals surface area contributed by atoms with Crippen LogP contribution in [0.25, 0.3) is 0 Å². The van der Waals surface area contributed by atoms with Crippen LogP contribution in [-0.4, -0.2) is 11.9 Å². The Labute approximate surface area is 97.2 Å². The van der Waals surface area contributed by atoms with Crippen LogP contribution >= 0.6 is 0 Å². The van der Waals surface area contributed by atoms with Crippen molar-refractivity contribution in [3.63, 3.8) is 0 Å². The second-order valence-electron chi connectivity index (χ2n) is 4.16. The highest BCUT2D eigenvalue weighted by Gasteiger charge is 2.04. The maximum absolute atomic E-state index is 11.0. The number of rotatable bonds is 4. The van der Waals surface area contributed by atoms with E-state index in [-0.39, 0.29) is 5.91 Å². The van der Waals surface area contributed by atoms with Crippen LogP contribution in [0, 0.1) is 6.92 Å². The minimum Gasteiger partial charge on any atom is -0.382 e. The van der Waals surface area contributed by atoms with Crippen molar-refractivity contribution in [1.82, 2.24) is 0 Å². The highest BCUT2D eigenvalue weighted by Crippen LogP contribution is 2.21. The van der Waals surface area contributed by atoms with Gasteiger partial charge in [0.05, 0.1) is 0 Å². The molecule has 88 valence electrons. The van der Waals surface area contributed by atoms with E-state index in [1.165, 1.54) is 12.5 Å². The van der Waals surface area contributed by atoms with Crippen LogP contribution in [0.5, 0.6) is 0 Å². The Bertz CT molecular complexity index is 374. The van der Waals surface area contributed by atoms with Gasteiger partial charge in [0.15, 0.2) is 0 Å². The molecule has 0 aliphatic rings. The van der Waals surface area contributed by atoms with Crippen molar-refractivity contribution in [2.75, 3.05) is 10.6 Å². The molecule has 16 heavy (non-hydrogen) atoms. The standard InChI is InChI=1S/C13H20N2O/c1-5-10(3)14-13-8-12(15-11(4)16)7-6-9(13)2/h6-8,10,14H,5H2,1-4H3,(H,15,16). The summed E-state index contributed by atoms with van der Waals surface area (Å²) in [6.45, 7) is 7.86. The summed E-state index contributed by atoms with van der Waals surface area (Å²) >= 11 is 0. The minimum absolute atomic E-state index is 0.0432. The summed E-state index contributed by atoms with van der Waals surface area (Å²) in [5.41, 5.74) is 3.11. The van der Waals surface area contributed by atoms with Gasteiger partial charge in [-0.15, -0.1) is 0 Å². The van der Waals surface area contributed by atoms with E-state index in [2.05, 4.69) is 31.4 Å². The fourth-order valence-corrected chi connectivity index (χ4v) is 1.43. The zero-order chi connectivity index (χ0) is 12.1. The van der Waals surface area contributed by atoms with Crippen molar-refractivity contribution in [3.05, 3.63) is 23.8 Å². The molecule has 0 fully saturated rings. The molecule has 0 aliphatic heterocycles. The van der Waals surface area contributed by atoms with E-state index in [1.54, 1.807) is 0 Å². The topological polar surface area (TPSA) is 41.1 Å². The third kappa shape index (κ3) is 3.57. The Morgan fingerprint density at radius 1 is 1.44 bits per heavy atom. The summed E-state index contributed by atoms with van der Waals surface area (Å²) in [7, 11) is 0. The quantitative estimate of drug-likeness (QED) is 0.818. The summed E-state index contributed by atoms with van der Waals surface area (Å²) in [6, 6.07) is 6.34. The SMILES string of the molecule is CCC(C)Nc1cc(NC(C)=O)ccc1C. The maximum atomic E-state index is 11.0. The largest absolute Gasteiger partial charge is 0.382 e. The van der Waals surface area contributed by atoms with Gasteiger partial charge in [-0.05, 0) is 38.0 Å². The first-order valence-electron chi connectivity index (χ1n) is 5.67. The Morgan fingerprint density at radius 2 is 2.12 bits per heavy atom. The van der Waals surface area contributed by atoms with Crippen LogP contribution in [0.4, 0.5) is 11.4 Å². The minimum atomic E-state index is -0.0432. The molecule has 1 aromatic rings. The van der Waals surface area contributed by atoms with E-state index in [1.807, 2.05) is 18.2 Å². The van der Waals surface area contributed by atoms with E-state index < -0.39 is 0 Å². The second-order valence-corrected chi connectivity index (χ2v) is 4.16. The summed E-state index contributed by atoms with van der Waals surface area (Å²) in [5.74, 6) is -0.0432. The first-order valence-corrected chi connectivity index (χ1v) is 5.67. The van der Waals surface area contributed by atoms with Crippen molar-refractivity contribution >= 4 is 17.3 Å².